The van der Waals surface area contributed by atoms with Crippen LogP contribution in [0.2, 0.25) is 0 Å². The van der Waals surface area contributed by atoms with Crippen LogP contribution in [0.1, 0.15) is 29.7 Å². The second-order valence-electron chi connectivity index (χ2n) is 8.22. The van der Waals surface area contributed by atoms with E-state index in [0.717, 1.165) is 21.6 Å². The van der Waals surface area contributed by atoms with E-state index in [1.165, 1.54) is 6.92 Å². The molecule has 0 spiro atoms. The molecule has 8 nitrogen and oxygen atoms in total. The van der Waals surface area contributed by atoms with Crippen molar-refractivity contribution in [2.45, 2.75) is 36.2 Å². The molecule has 1 heterocycles. The van der Waals surface area contributed by atoms with E-state index in [1.54, 1.807) is 36.0 Å². The van der Waals surface area contributed by atoms with Gasteiger partial charge in [-0.25, -0.2) is 4.79 Å². The van der Waals surface area contributed by atoms with E-state index in [4.69, 9.17) is 25.4 Å². The van der Waals surface area contributed by atoms with E-state index in [9.17, 15) is 9.59 Å². The first kappa shape index (κ1) is 25.1. The van der Waals surface area contributed by atoms with Crippen LogP contribution < -0.4 is 15.8 Å². The van der Waals surface area contributed by atoms with Gasteiger partial charge in [0.15, 0.2) is 6.10 Å². The third-order valence-electron chi connectivity index (χ3n) is 5.54. The number of esters is 1. The van der Waals surface area contributed by atoms with Crippen molar-refractivity contribution in [1.29, 1.82) is 5.41 Å². The van der Waals surface area contributed by atoms with Crippen molar-refractivity contribution in [2.75, 3.05) is 11.9 Å². The van der Waals surface area contributed by atoms with Crippen molar-refractivity contribution in [3.8, 4) is 5.75 Å². The molecule has 0 aliphatic carbocycles. The number of anilines is 1. The minimum absolute atomic E-state index is 0.00662. The van der Waals surface area contributed by atoms with Crippen LogP contribution in [-0.4, -0.2) is 29.8 Å². The minimum Gasteiger partial charge on any atom is -0.482 e. The largest absolute Gasteiger partial charge is 0.482 e. The highest BCUT2D eigenvalue weighted by Crippen LogP contribution is 2.42. The van der Waals surface area contributed by atoms with Crippen molar-refractivity contribution in [1.82, 2.24) is 0 Å². The van der Waals surface area contributed by atoms with Gasteiger partial charge in [-0.3, -0.25) is 15.5 Å². The molecule has 1 aliphatic heterocycles. The van der Waals surface area contributed by atoms with Gasteiger partial charge in [0.2, 0.25) is 0 Å². The van der Waals surface area contributed by atoms with Gasteiger partial charge in [-0.05, 0) is 41.8 Å². The molecule has 4 N–H and O–H groups in total. The number of hydrogen-bond acceptors (Lipinski definition) is 7. The highest BCUT2D eigenvalue weighted by atomic mass is 32.2. The number of hydrogen-bond donors (Lipinski definition) is 3. The molecule has 0 radical (unpaired) electrons. The van der Waals surface area contributed by atoms with Crippen LogP contribution in [0.4, 0.5) is 10.5 Å². The fourth-order valence-electron chi connectivity index (χ4n) is 3.72. The van der Waals surface area contributed by atoms with Crippen LogP contribution in [0.25, 0.3) is 0 Å². The maximum Gasteiger partial charge on any atom is 0.411 e. The fraction of sp³-hybridized carbons (Fsp3) is 0.222. The molecule has 1 aliphatic rings. The predicted molar refractivity (Wildman–Crippen MR) is 138 cm³/mol. The van der Waals surface area contributed by atoms with Crippen LogP contribution in [0.3, 0.4) is 0 Å². The summed E-state index contributed by atoms with van der Waals surface area (Å²) in [6.45, 7) is 1.52. The van der Waals surface area contributed by atoms with Gasteiger partial charge in [0.25, 0.3) is 0 Å². The van der Waals surface area contributed by atoms with E-state index in [1.807, 2.05) is 48.5 Å². The van der Waals surface area contributed by atoms with Crippen LogP contribution in [0.5, 0.6) is 5.75 Å². The Labute approximate surface area is 213 Å². The summed E-state index contributed by atoms with van der Waals surface area (Å²) in [4.78, 5) is 24.5. The molecule has 4 rings (SSSR count). The Hall–Kier alpha value is -3.98. The Morgan fingerprint density at radius 3 is 2.50 bits per heavy atom. The van der Waals surface area contributed by atoms with Gasteiger partial charge in [-0.15, -0.1) is 11.8 Å². The lowest BCUT2D eigenvalue weighted by molar-refractivity contribution is -0.142. The summed E-state index contributed by atoms with van der Waals surface area (Å²) in [5.41, 5.74) is 8.97. The highest BCUT2D eigenvalue weighted by Gasteiger charge is 2.28. The number of rotatable bonds is 9. The van der Waals surface area contributed by atoms with E-state index < -0.39 is 12.2 Å². The van der Waals surface area contributed by atoms with Gasteiger partial charge in [-0.2, -0.15) is 0 Å². The topological polar surface area (TPSA) is 124 Å². The lowest BCUT2D eigenvalue weighted by Gasteiger charge is -2.21. The molecule has 0 saturated heterocycles. The first-order valence-corrected chi connectivity index (χ1v) is 12.3. The number of carbonyl (C=O) groups excluding carboxylic acids is 2. The standard InChI is InChI=1S/C27H27N3O5S/c1-17(31)33-15-18-10-12-20(13-11-18)30-27(32)34-16-23(19-6-3-2-4-7-19)35-22-8-5-9-24-21(22)14-25(36-24)26(28)29/h2-13,23,25H,14-16H2,1H3,(H3,28,29)(H,30,32). The summed E-state index contributed by atoms with van der Waals surface area (Å²) in [7, 11) is 0. The summed E-state index contributed by atoms with van der Waals surface area (Å²) < 4.78 is 16.8. The minimum atomic E-state index is -0.613. The summed E-state index contributed by atoms with van der Waals surface area (Å²) in [6.07, 6.45) is -0.532. The van der Waals surface area contributed by atoms with Gasteiger partial charge < -0.3 is 19.9 Å². The molecule has 2 atom stereocenters. The Morgan fingerprint density at radius 1 is 1.06 bits per heavy atom. The maximum atomic E-state index is 12.5. The Bertz CT molecular complexity index is 1230. The van der Waals surface area contributed by atoms with E-state index >= 15 is 0 Å². The number of carbonyl (C=O) groups is 2. The van der Waals surface area contributed by atoms with Crippen LogP contribution in [-0.2, 0) is 27.3 Å². The second-order valence-corrected chi connectivity index (χ2v) is 9.46. The molecular weight excluding hydrogens is 478 g/mol. The number of amidine groups is 1. The molecule has 36 heavy (non-hydrogen) atoms. The Morgan fingerprint density at radius 2 is 1.81 bits per heavy atom. The zero-order valence-electron chi connectivity index (χ0n) is 19.7. The van der Waals surface area contributed by atoms with Crippen molar-refractivity contribution < 1.29 is 23.8 Å². The normalized spacial score (nSPS) is 14.9. The van der Waals surface area contributed by atoms with Crippen molar-refractivity contribution in [3.05, 3.63) is 89.5 Å². The van der Waals surface area contributed by atoms with Crippen molar-refractivity contribution in [2.24, 2.45) is 5.73 Å². The zero-order valence-corrected chi connectivity index (χ0v) is 20.5. The van der Waals surface area contributed by atoms with Gasteiger partial charge >= 0.3 is 12.1 Å². The highest BCUT2D eigenvalue weighted by molar-refractivity contribution is 8.01. The van der Waals surface area contributed by atoms with Crippen LogP contribution >= 0.6 is 11.8 Å². The van der Waals surface area contributed by atoms with E-state index in [0.29, 0.717) is 17.9 Å². The lowest BCUT2D eigenvalue weighted by Crippen LogP contribution is -2.24. The number of amides is 1. The molecule has 3 aromatic rings. The second kappa shape index (κ2) is 11.6. The quantitative estimate of drug-likeness (QED) is 0.211. The molecule has 2 unspecified atom stereocenters. The molecule has 1 amide bonds. The molecule has 186 valence electrons. The fourth-order valence-corrected chi connectivity index (χ4v) is 4.88. The first-order chi connectivity index (χ1) is 17.4. The van der Waals surface area contributed by atoms with Gasteiger partial charge in [0.05, 0.1) is 5.25 Å². The molecule has 0 aromatic heterocycles. The van der Waals surface area contributed by atoms with Crippen molar-refractivity contribution in [3.63, 3.8) is 0 Å². The smallest absolute Gasteiger partial charge is 0.411 e. The Kier molecular flexibility index (Phi) is 8.12. The van der Waals surface area contributed by atoms with E-state index in [-0.39, 0.29) is 30.3 Å². The monoisotopic (exact) mass is 505 g/mol. The molecule has 3 aromatic carbocycles. The van der Waals surface area contributed by atoms with Crippen molar-refractivity contribution >= 4 is 35.3 Å². The number of fused-ring (bicyclic) bond motifs is 1. The van der Waals surface area contributed by atoms with Gasteiger partial charge in [0, 0.05) is 23.1 Å². The molecular formula is C27H27N3O5S. The van der Waals surface area contributed by atoms with Gasteiger partial charge in [-0.1, -0.05) is 48.5 Å². The van der Waals surface area contributed by atoms with Crippen LogP contribution in [0, 0.1) is 5.41 Å². The average molecular weight is 506 g/mol. The summed E-state index contributed by atoms with van der Waals surface area (Å²) in [5.74, 6) is 0.472. The maximum absolute atomic E-state index is 12.5. The SMILES string of the molecule is CC(=O)OCc1ccc(NC(=O)OCC(Oc2cccc3c2CC(C(=N)N)S3)c2ccccc2)cc1. The number of nitrogens with one attached hydrogen (secondary N) is 2. The van der Waals surface area contributed by atoms with Crippen LogP contribution in [0.15, 0.2) is 77.7 Å². The zero-order chi connectivity index (χ0) is 25.5. The average Bonchev–Trinajstić information content (AvgIpc) is 3.32. The summed E-state index contributed by atoms with van der Waals surface area (Å²) in [6, 6.07) is 22.3. The van der Waals surface area contributed by atoms with Gasteiger partial charge in [0.1, 0.15) is 24.8 Å². The molecule has 0 bridgehead atoms. The predicted octanol–water partition coefficient (Wildman–Crippen LogP) is 5.07. The summed E-state index contributed by atoms with van der Waals surface area (Å²) >= 11 is 1.56. The number of benzene rings is 3. The van der Waals surface area contributed by atoms with E-state index in [2.05, 4.69) is 5.32 Å². The molecule has 9 heteroatoms. The number of thioether (sulfide) groups is 1. The first-order valence-electron chi connectivity index (χ1n) is 11.4. The number of nitrogens with two attached hydrogens (primary N) is 1. The molecule has 0 fully saturated rings. The Balaban J connectivity index is 1.41. The number of ether oxygens (including phenoxy) is 3. The molecule has 0 saturated carbocycles. The third kappa shape index (κ3) is 6.57. The lowest BCUT2D eigenvalue weighted by atomic mass is 10.1. The summed E-state index contributed by atoms with van der Waals surface area (Å²) in [5, 5.41) is 10.4. The third-order valence-corrected chi connectivity index (χ3v) is 6.89.